The molecule has 3 heteroatoms. The number of rotatable bonds is 3. The number of fused-ring (bicyclic) bond motifs is 1. The highest BCUT2D eigenvalue weighted by Crippen LogP contribution is 2.23. The Balaban J connectivity index is 2.12. The van der Waals surface area contributed by atoms with Crippen LogP contribution < -0.4 is 5.32 Å². The SMILES string of the molecule is CON(C)Cc1ccc2c(c1)NCC2. The third-order valence-electron chi connectivity index (χ3n) is 2.60. The molecule has 2 rings (SSSR count). The Hall–Kier alpha value is -1.06. The van der Waals surface area contributed by atoms with Gasteiger partial charge in [-0.15, -0.1) is 0 Å². The topological polar surface area (TPSA) is 24.5 Å². The monoisotopic (exact) mass is 192 g/mol. The van der Waals surface area contributed by atoms with Crippen molar-refractivity contribution in [3.05, 3.63) is 29.3 Å². The van der Waals surface area contributed by atoms with Crippen LogP contribution in [0.3, 0.4) is 0 Å². The third kappa shape index (κ3) is 1.89. The van der Waals surface area contributed by atoms with E-state index in [2.05, 4.69) is 23.5 Å². The van der Waals surface area contributed by atoms with E-state index in [1.807, 2.05) is 12.1 Å². The molecule has 76 valence electrons. The average molecular weight is 192 g/mol. The molecule has 0 amide bonds. The van der Waals surface area contributed by atoms with Crippen molar-refractivity contribution in [1.29, 1.82) is 0 Å². The zero-order valence-electron chi connectivity index (χ0n) is 8.71. The molecule has 1 N–H and O–H groups in total. The summed E-state index contributed by atoms with van der Waals surface area (Å²) in [4.78, 5) is 5.09. The van der Waals surface area contributed by atoms with E-state index in [4.69, 9.17) is 4.84 Å². The van der Waals surface area contributed by atoms with Gasteiger partial charge in [-0.1, -0.05) is 12.1 Å². The van der Waals surface area contributed by atoms with Gasteiger partial charge in [-0.2, -0.15) is 5.06 Å². The lowest BCUT2D eigenvalue weighted by Crippen LogP contribution is -2.15. The fourth-order valence-corrected chi connectivity index (χ4v) is 1.76. The Labute approximate surface area is 84.6 Å². The molecule has 1 aromatic carbocycles. The Bertz CT molecular complexity index is 325. The number of benzene rings is 1. The molecule has 0 spiro atoms. The molecule has 1 heterocycles. The first kappa shape index (κ1) is 9.49. The second kappa shape index (κ2) is 3.98. The van der Waals surface area contributed by atoms with E-state index in [1.54, 1.807) is 7.11 Å². The number of hydrogen-bond donors (Lipinski definition) is 1. The highest BCUT2D eigenvalue weighted by atomic mass is 16.7. The van der Waals surface area contributed by atoms with Crippen LogP contribution in [0.1, 0.15) is 11.1 Å². The highest BCUT2D eigenvalue weighted by molar-refractivity contribution is 5.56. The molecule has 0 saturated carbocycles. The molecule has 3 nitrogen and oxygen atoms in total. The number of nitrogens with zero attached hydrogens (tertiary/aromatic N) is 1. The van der Waals surface area contributed by atoms with E-state index < -0.39 is 0 Å². The molecule has 0 atom stereocenters. The minimum atomic E-state index is 0.825. The van der Waals surface area contributed by atoms with E-state index in [-0.39, 0.29) is 0 Å². The summed E-state index contributed by atoms with van der Waals surface area (Å²) in [5.41, 5.74) is 3.99. The fraction of sp³-hybridized carbons (Fsp3) is 0.455. The molecule has 14 heavy (non-hydrogen) atoms. The van der Waals surface area contributed by atoms with Gasteiger partial charge < -0.3 is 10.2 Å². The smallest absolute Gasteiger partial charge is 0.0575 e. The van der Waals surface area contributed by atoms with Crippen LogP contribution in [-0.4, -0.2) is 25.8 Å². The van der Waals surface area contributed by atoms with Gasteiger partial charge in [0.25, 0.3) is 0 Å². The lowest BCUT2D eigenvalue weighted by Gasteiger charge is -2.13. The van der Waals surface area contributed by atoms with Gasteiger partial charge >= 0.3 is 0 Å². The summed E-state index contributed by atoms with van der Waals surface area (Å²) in [6, 6.07) is 6.58. The average Bonchev–Trinajstić information content (AvgIpc) is 2.64. The Morgan fingerprint density at radius 3 is 3.14 bits per heavy atom. The molecule has 1 aliphatic heterocycles. The number of hydroxylamine groups is 2. The second-order valence-corrected chi connectivity index (χ2v) is 3.64. The van der Waals surface area contributed by atoms with Crippen LogP contribution in [0.5, 0.6) is 0 Å². The zero-order valence-corrected chi connectivity index (χ0v) is 8.71. The maximum absolute atomic E-state index is 5.09. The van der Waals surface area contributed by atoms with Crippen molar-refractivity contribution in [2.75, 3.05) is 26.0 Å². The Kier molecular flexibility index (Phi) is 2.70. The van der Waals surface area contributed by atoms with Crippen molar-refractivity contribution in [3.63, 3.8) is 0 Å². The quantitative estimate of drug-likeness (QED) is 0.737. The van der Waals surface area contributed by atoms with Crippen LogP contribution in [0, 0.1) is 0 Å². The Morgan fingerprint density at radius 1 is 1.50 bits per heavy atom. The molecule has 0 fully saturated rings. The predicted molar refractivity (Wildman–Crippen MR) is 57.1 cm³/mol. The first-order valence-corrected chi connectivity index (χ1v) is 4.90. The van der Waals surface area contributed by atoms with Gasteiger partial charge in [0.15, 0.2) is 0 Å². The summed E-state index contributed by atoms with van der Waals surface area (Å²) < 4.78 is 0. The van der Waals surface area contributed by atoms with Crippen molar-refractivity contribution in [3.8, 4) is 0 Å². The molecule has 0 aliphatic carbocycles. The Morgan fingerprint density at radius 2 is 2.36 bits per heavy atom. The summed E-state index contributed by atoms with van der Waals surface area (Å²) in [7, 11) is 3.62. The first-order chi connectivity index (χ1) is 6.79. The van der Waals surface area contributed by atoms with E-state index >= 15 is 0 Å². The van der Waals surface area contributed by atoms with Crippen LogP contribution in [0.25, 0.3) is 0 Å². The predicted octanol–water partition coefficient (Wildman–Crippen LogP) is 1.65. The van der Waals surface area contributed by atoms with E-state index in [1.165, 1.54) is 16.8 Å². The standard InChI is InChI=1S/C11H16N2O/c1-13(14-2)8-9-3-4-10-5-6-12-11(10)7-9/h3-4,7,12H,5-6,8H2,1-2H3. The van der Waals surface area contributed by atoms with Crippen molar-refractivity contribution >= 4 is 5.69 Å². The maximum Gasteiger partial charge on any atom is 0.0575 e. The van der Waals surface area contributed by atoms with Crippen LogP contribution in [0.4, 0.5) is 5.69 Å². The molecule has 0 radical (unpaired) electrons. The summed E-state index contributed by atoms with van der Waals surface area (Å²) in [6.45, 7) is 1.89. The molecular weight excluding hydrogens is 176 g/mol. The fourth-order valence-electron chi connectivity index (χ4n) is 1.76. The molecule has 0 unspecified atom stereocenters. The van der Waals surface area contributed by atoms with Crippen molar-refractivity contribution in [1.82, 2.24) is 5.06 Å². The molecule has 0 aromatic heterocycles. The summed E-state index contributed by atoms with van der Waals surface area (Å²) in [5.74, 6) is 0. The molecule has 0 saturated heterocycles. The van der Waals surface area contributed by atoms with Crippen molar-refractivity contribution < 1.29 is 4.84 Å². The van der Waals surface area contributed by atoms with Gasteiger partial charge in [0, 0.05) is 25.8 Å². The number of nitrogens with one attached hydrogen (secondary N) is 1. The summed E-state index contributed by atoms with van der Waals surface area (Å²) in [5, 5.41) is 5.19. The van der Waals surface area contributed by atoms with Gasteiger partial charge in [-0.25, -0.2) is 0 Å². The van der Waals surface area contributed by atoms with Gasteiger partial charge in [-0.05, 0) is 23.6 Å². The molecule has 0 bridgehead atoms. The summed E-state index contributed by atoms with van der Waals surface area (Å²) >= 11 is 0. The lowest BCUT2D eigenvalue weighted by atomic mass is 10.1. The normalized spacial score (nSPS) is 14.2. The van der Waals surface area contributed by atoms with Crippen molar-refractivity contribution in [2.24, 2.45) is 0 Å². The van der Waals surface area contributed by atoms with Crippen LogP contribution in [-0.2, 0) is 17.8 Å². The van der Waals surface area contributed by atoms with E-state index in [9.17, 15) is 0 Å². The first-order valence-electron chi connectivity index (χ1n) is 4.90. The molecular formula is C11H16N2O. The lowest BCUT2D eigenvalue weighted by molar-refractivity contribution is -0.116. The second-order valence-electron chi connectivity index (χ2n) is 3.64. The minimum Gasteiger partial charge on any atom is -0.384 e. The van der Waals surface area contributed by atoms with Gasteiger partial charge in [0.05, 0.1) is 7.11 Å². The highest BCUT2D eigenvalue weighted by Gasteiger charge is 2.10. The third-order valence-corrected chi connectivity index (χ3v) is 2.60. The van der Waals surface area contributed by atoms with Gasteiger partial charge in [0.2, 0.25) is 0 Å². The largest absolute Gasteiger partial charge is 0.384 e. The molecule has 1 aromatic rings. The van der Waals surface area contributed by atoms with Gasteiger partial charge in [0.1, 0.15) is 0 Å². The van der Waals surface area contributed by atoms with Crippen LogP contribution in [0.15, 0.2) is 18.2 Å². The minimum absolute atomic E-state index is 0.825. The maximum atomic E-state index is 5.09. The van der Waals surface area contributed by atoms with Gasteiger partial charge in [-0.3, -0.25) is 0 Å². The number of anilines is 1. The van der Waals surface area contributed by atoms with E-state index in [0.717, 1.165) is 19.5 Å². The van der Waals surface area contributed by atoms with Crippen LogP contribution in [0.2, 0.25) is 0 Å². The molecule has 1 aliphatic rings. The number of hydrogen-bond acceptors (Lipinski definition) is 3. The van der Waals surface area contributed by atoms with Crippen LogP contribution >= 0.6 is 0 Å². The van der Waals surface area contributed by atoms with E-state index in [0.29, 0.717) is 0 Å². The zero-order chi connectivity index (χ0) is 9.97. The van der Waals surface area contributed by atoms with Crippen molar-refractivity contribution in [2.45, 2.75) is 13.0 Å². The summed E-state index contributed by atoms with van der Waals surface area (Å²) in [6.07, 6.45) is 1.15.